The first-order chi connectivity index (χ1) is 9.64. The van der Waals surface area contributed by atoms with E-state index in [1.54, 1.807) is 13.0 Å². The lowest BCUT2D eigenvalue weighted by molar-refractivity contribution is -0.137. The number of carboxylic acid groups (broad SMARTS) is 1. The van der Waals surface area contributed by atoms with Gasteiger partial charge in [0.2, 0.25) is 15.9 Å². The van der Waals surface area contributed by atoms with Crippen molar-refractivity contribution in [2.24, 2.45) is 0 Å². The molecule has 1 aromatic carbocycles. The smallest absolute Gasteiger partial charge is 0.304 e. The summed E-state index contributed by atoms with van der Waals surface area (Å²) in [7, 11) is -2.48. The van der Waals surface area contributed by atoms with E-state index in [0.717, 1.165) is 9.87 Å². The minimum absolute atomic E-state index is 0.00439. The number of carboxylic acids is 1. The van der Waals surface area contributed by atoms with E-state index in [2.05, 4.69) is 5.32 Å². The van der Waals surface area contributed by atoms with E-state index in [1.807, 2.05) is 0 Å². The van der Waals surface area contributed by atoms with Gasteiger partial charge >= 0.3 is 5.97 Å². The van der Waals surface area contributed by atoms with E-state index in [-0.39, 0.29) is 23.8 Å². The molecule has 0 aromatic heterocycles. The molecule has 0 saturated carbocycles. The number of carbonyl (C=O) groups is 2. The van der Waals surface area contributed by atoms with Crippen molar-refractivity contribution in [3.05, 3.63) is 23.8 Å². The van der Waals surface area contributed by atoms with Crippen LogP contribution in [0.1, 0.15) is 18.9 Å². The molecule has 0 unspecified atom stereocenters. The van der Waals surface area contributed by atoms with Crippen LogP contribution in [0.5, 0.6) is 0 Å². The number of nitrogens with one attached hydrogen (secondary N) is 1. The summed E-state index contributed by atoms with van der Waals surface area (Å²) in [6.45, 7) is 2.95. The zero-order chi connectivity index (χ0) is 16.2. The second kappa shape index (κ2) is 6.68. The number of amides is 1. The Bertz CT molecular complexity index is 655. The Kier molecular flexibility index (Phi) is 5.45. The Labute approximate surface area is 123 Å². The Morgan fingerprint density at radius 3 is 2.48 bits per heavy atom. The number of anilines is 1. The summed E-state index contributed by atoms with van der Waals surface area (Å²) in [6, 6.07) is 4.37. The molecule has 0 aliphatic rings. The van der Waals surface area contributed by atoms with Gasteiger partial charge in [-0.25, -0.2) is 12.7 Å². The molecule has 0 radical (unpaired) electrons. The molecule has 0 spiro atoms. The van der Waals surface area contributed by atoms with Crippen molar-refractivity contribution in [1.82, 2.24) is 4.31 Å². The number of nitrogens with zero attached hydrogens (tertiary/aromatic N) is 1. The first kappa shape index (κ1) is 17.1. The van der Waals surface area contributed by atoms with Crippen LogP contribution in [-0.2, 0) is 19.6 Å². The van der Waals surface area contributed by atoms with Crippen molar-refractivity contribution in [1.29, 1.82) is 0 Å². The van der Waals surface area contributed by atoms with E-state index in [9.17, 15) is 18.0 Å². The van der Waals surface area contributed by atoms with Gasteiger partial charge in [-0.3, -0.25) is 9.59 Å². The highest BCUT2D eigenvalue weighted by atomic mass is 32.2. The number of aryl methyl sites for hydroxylation is 1. The summed E-state index contributed by atoms with van der Waals surface area (Å²) in [5.41, 5.74) is 1.15. The minimum Gasteiger partial charge on any atom is -0.481 e. The van der Waals surface area contributed by atoms with Crippen LogP contribution in [0.2, 0.25) is 0 Å². The van der Waals surface area contributed by atoms with Gasteiger partial charge in [0.05, 0.1) is 11.3 Å². The summed E-state index contributed by atoms with van der Waals surface area (Å²) >= 11 is 0. The molecular weight excluding hydrogens is 296 g/mol. The molecule has 116 valence electrons. The lowest BCUT2D eigenvalue weighted by Gasteiger charge is -2.17. The van der Waals surface area contributed by atoms with E-state index in [4.69, 9.17) is 5.11 Å². The molecular formula is C13H18N2O5S. The number of hydrogen-bond donors (Lipinski definition) is 2. The lowest BCUT2D eigenvalue weighted by Crippen LogP contribution is -2.29. The molecule has 2 N–H and O–H groups in total. The van der Waals surface area contributed by atoms with E-state index in [1.165, 1.54) is 26.1 Å². The summed E-state index contributed by atoms with van der Waals surface area (Å²) in [4.78, 5) is 21.6. The van der Waals surface area contributed by atoms with E-state index < -0.39 is 16.0 Å². The quantitative estimate of drug-likeness (QED) is 0.816. The molecule has 1 amide bonds. The topological polar surface area (TPSA) is 104 Å². The highest BCUT2D eigenvalue weighted by Crippen LogP contribution is 2.22. The van der Waals surface area contributed by atoms with E-state index in [0.29, 0.717) is 5.69 Å². The second-order valence-electron chi connectivity index (χ2n) is 4.63. The number of rotatable bonds is 6. The largest absolute Gasteiger partial charge is 0.481 e. The number of aliphatic carboxylic acids is 1. The van der Waals surface area contributed by atoms with Crippen LogP contribution in [0.3, 0.4) is 0 Å². The van der Waals surface area contributed by atoms with Gasteiger partial charge in [0.1, 0.15) is 0 Å². The third kappa shape index (κ3) is 4.54. The third-order valence-corrected chi connectivity index (χ3v) is 4.72. The summed E-state index contributed by atoms with van der Waals surface area (Å²) < 4.78 is 25.6. The van der Waals surface area contributed by atoms with E-state index >= 15 is 0 Å². The van der Waals surface area contributed by atoms with Gasteiger partial charge in [-0.2, -0.15) is 0 Å². The van der Waals surface area contributed by atoms with Gasteiger partial charge in [-0.1, -0.05) is 6.07 Å². The fourth-order valence-corrected chi connectivity index (χ4v) is 2.84. The molecule has 0 saturated heterocycles. The maximum Gasteiger partial charge on any atom is 0.304 e. The number of sulfonamides is 1. The standard InChI is InChI=1S/C13H18N2O5S/c1-9-4-5-11(8-12(9)14-10(2)16)21(19,20)15(3)7-6-13(17)18/h4-5,8H,6-7H2,1-3H3,(H,14,16)(H,17,18). The van der Waals surface area contributed by atoms with Crippen molar-refractivity contribution >= 4 is 27.6 Å². The Balaban J connectivity index is 3.08. The maximum atomic E-state index is 12.3. The van der Waals surface area contributed by atoms with Crippen molar-refractivity contribution in [3.8, 4) is 0 Å². The molecule has 21 heavy (non-hydrogen) atoms. The van der Waals surface area contributed by atoms with Crippen LogP contribution in [0.15, 0.2) is 23.1 Å². The normalized spacial score (nSPS) is 11.4. The van der Waals surface area contributed by atoms with Gasteiger partial charge in [0.25, 0.3) is 0 Å². The molecule has 0 heterocycles. The molecule has 0 aliphatic heterocycles. The summed E-state index contributed by atoms with van der Waals surface area (Å²) in [5, 5.41) is 11.2. The first-order valence-corrected chi connectivity index (χ1v) is 7.65. The van der Waals surface area contributed by atoms with Crippen LogP contribution in [0.25, 0.3) is 0 Å². The SMILES string of the molecule is CC(=O)Nc1cc(S(=O)(=O)N(C)CCC(=O)O)ccc1C. The third-order valence-electron chi connectivity index (χ3n) is 2.87. The molecule has 1 aromatic rings. The number of carbonyl (C=O) groups excluding carboxylic acids is 1. The lowest BCUT2D eigenvalue weighted by atomic mass is 10.2. The molecule has 8 heteroatoms. The van der Waals surface area contributed by atoms with Crippen molar-refractivity contribution in [2.45, 2.75) is 25.2 Å². The summed E-state index contributed by atoms with van der Waals surface area (Å²) in [5.74, 6) is -1.37. The van der Waals surface area contributed by atoms with Gasteiger partial charge < -0.3 is 10.4 Å². The van der Waals surface area contributed by atoms with Gasteiger partial charge in [0.15, 0.2) is 0 Å². The highest BCUT2D eigenvalue weighted by molar-refractivity contribution is 7.89. The number of hydrogen-bond acceptors (Lipinski definition) is 4. The predicted molar refractivity (Wildman–Crippen MR) is 77.6 cm³/mol. The van der Waals surface area contributed by atoms with Gasteiger partial charge in [-0.15, -0.1) is 0 Å². The Hall–Kier alpha value is -1.93. The van der Waals surface area contributed by atoms with Crippen molar-refractivity contribution < 1.29 is 23.1 Å². The average molecular weight is 314 g/mol. The van der Waals surface area contributed by atoms with Crippen LogP contribution < -0.4 is 5.32 Å². The predicted octanol–water partition coefficient (Wildman–Crippen LogP) is 1.05. The van der Waals surface area contributed by atoms with Crippen LogP contribution in [0, 0.1) is 6.92 Å². The zero-order valence-corrected chi connectivity index (χ0v) is 12.9. The Morgan fingerprint density at radius 1 is 1.33 bits per heavy atom. The van der Waals surface area contributed by atoms with Crippen LogP contribution in [0.4, 0.5) is 5.69 Å². The first-order valence-electron chi connectivity index (χ1n) is 6.21. The second-order valence-corrected chi connectivity index (χ2v) is 6.67. The highest BCUT2D eigenvalue weighted by Gasteiger charge is 2.22. The average Bonchev–Trinajstić information content (AvgIpc) is 2.37. The molecule has 7 nitrogen and oxygen atoms in total. The minimum atomic E-state index is -3.79. The van der Waals surface area contributed by atoms with Crippen LogP contribution in [-0.4, -0.2) is 43.3 Å². The molecule has 1 rings (SSSR count). The van der Waals surface area contributed by atoms with Gasteiger partial charge in [-0.05, 0) is 24.6 Å². The molecule has 0 aliphatic carbocycles. The molecule has 0 atom stereocenters. The van der Waals surface area contributed by atoms with Crippen molar-refractivity contribution in [2.75, 3.05) is 18.9 Å². The fraction of sp³-hybridized carbons (Fsp3) is 0.385. The fourth-order valence-electron chi connectivity index (χ4n) is 1.64. The number of benzene rings is 1. The zero-order valence-electron chi connectivity index (χ0n) is 12.1. The van der Waals surface area contributed by atoms with Crippen LogP contribution >= 0.6 is 0 Å². The molecule has 0 fully saturated rings. The maximum absolute atomic E-state index is 12.3. The molecule has 0 bridgehead atoms. The Morgan fingerprint density at radius 2 is 1.95 bits per heavy atom. The van der Waals surface area contributed by atoms with Gasteiger partial charge in [0, 0.05) is 26.2 Å². The monoisotopic (exact) mass is 314 g/mol. The summed E-state index contributed by atoms with van der Waals surface area (Å²) in [6.07, 6.45) is -0.278. The van der Waals surface area contributed by atoms with Crippen molar-refractivity contribution in [3.63, 3.8) is 0 Å².